The largest absolute Gasteiger partial charge is 0.480 e. The molecule has 2 rings (SSSR count). The normalized spacial score (nSPS) is 21.8. The first kappa shape index (κ1) is 16.8. The first-order chi connectivity index (χ1) is 9.89. The summed E-state index contributed by atoms with van der Waals surface area (Å²) in [7, 11) is 0. The van der Waals surface area contributed by atoms with E-state index in [0.29, 0.717) is 6.42 Å². The molecule has 0 aromatic heterocycles. The molecule has 0 aliphatic heterocycles. The van der Waals surface area contributed by atoms with Crippen LogP contribution in [-0.4, -0.2) is 47.2 Å². The molecular formula is C17H32N2O2. The first-order valence-electron chi connectivity index (χ1n) is 8.62. The number of hydrogen-bond acceptors (Lipinski definition) is 3. The van der Waals surface area contributed by atoms with E-state index in [-0.39, 0.29) is 6.04 Å². The van der Waals surface area contributed by atoms with E-state index in [1.54, 1.807) is 0 Å². The zero-order valence-electron chi connectivity index (χ0n) is 13.9. The van der Waals surface area contributed by atoms with Crippen LogP contribution < -0.4 is 5.32 Å². The highest BCUT2D eigenvalue weighted by molar-refractivity contribution is 5.78. The van der Waals surface area contributed by atoms with Crippen LogP contribution in [0.15, 0.2) is 0 Å². The molecule has 2 aliphatic carbocycles. The smallest absolute Gasteiger partial charge is 0.323 e. The van der Waals surface area contributed by atoms with Gasteiger partial charge in [-0.15, -0.1) is 0 Å². The Kier molecular flexibility index (Phi) is 5.67. The summed E-state index contributed by atoms with van der Waals surface area (Å²) in [5.74, 6) is 1.11. The highest BCUT2D eigenvalue weighted by atomic mass is 16.4. The van der Waals surface area contributed by atoms with Gasteiger partial charge in [-0.3, -0.25) is 10.1 Å². The zero-order valence-corrected chi connectivity index (χ0v) is 13.9. The van der Waals surface area contributed by atoms with Crippen molar-refractivity contribution in [3.63, 3.8) is 0 Å². The van der Waals surface area contributed by atoms with Gasteiger partial charge in [0, 0.05) is 19.1 Å². The summed E-state index contributed by atoms with van der Waals surface area (Å²) in [6.45, 7) is 9.36. The minimum absolute atomic E-state index is 0.195. The molecular weight excluding hydrogens is 264 g/mol. The molecule has 0 aromatic rings. The summed E-state index contributed by atoms with van der Waals surface area (Å²) >= 11 is 0. The van der Waals surface area contributed by atoms with Crippen molar-refractivity contribution in [3.05, 3.63) is 0 Å². The fraction of sp³-hybridized carbons (Fsp3) is 0.941. The number of carboxylic acids is 1. The molecule has 2 fully saturated rings. The second-order valence-electron chi connectivity index (χ2n) is 7.69. The Balaban J connectivity index is 1.76. The maximum atomic E-state index is 11.5. The van der Waals surface area contributed by atoms with Crippen LogP contribution in [0.4, 0.5) is 0 Å². The number of nitrogens with one attached hydrogen (secondary N) is 1. The number of carbonyl (C=O) groups is 1. The number of hydrogen-bond donors (Lipinski definition) is 2. The Morgan fingerprint density at radius 1 is 1.24 bits per heavy atom. The molecule has 4 nitrogen and oxygen atoms in total. The van der Waals surface area contributed by atoms with Gasteiger partial charge in [0.05, 0.1) is 0 Å². The summed E-state index contributed by atoms with van der Waals surface area (Å²) < 4.78 is 0. The number of nitrogens with zero attached hydrogens (tertiary/aromatic N) is 1. The molecule has 2 aliphatic rings. The van der Waals surface area contributed by atoms with Gasteiger partial charge in [-0.25, -0.2) is 0 Å². The summed E-state index contributed by atoms with van der Waals surface area (Å²) in [4.78, 5) is 14.1. The minimum Gasteiger partial charge on any atom is -0.480 e. The van der Waals surface area contributed by atoms with Gasteiger partial charge in [-0.2, -0.15) is 0 Å². The summed E-state index contributed by atoms with van der Waals surface area (Å²) in [6.07, 6.45) is 7.23. The van der Waals surface area contributed by atoms with E-state index < -0.39 is 11.5 Å². The van der Waals surface area contributed by atoms with Crippen LogP contribution in [0.2, 0.25) is 0 Å². The summed E-state index contributed by atoms with van der Waals surface area (Å²) in [5.41, 5.74) is -0.793. The summed E-state index contributed by atoms with van der Waals surface area (Å²) in [6, 6.07) is 0.195. The van der Waals surface area contributed by atoms with Gasteiger partial charge < -0.3 is 10.0 Å². The van der Waals surface area contributed by atoms with Crippen LogP contribution in [0.25, 0.3) is 0 Å². The fourth-order valence-electron chi connectivity index (χ4n) is 3.12. The van der Waals surface area contributed by atoms with Gasteiger partial charge >= 0.3 is 5.97 Å². The van der Waals surface area contributed by atoms with Crippen LogP contribution >= 0.6 is 0 Å². The maximum Gasteiger partial charge on any atom is 0.323 e. The molecule has 0 heterocycles. The van der Waals surface area contributed by atoms with Gasteiger partial charge in [-0.1, -0.05) is 0 Å². The summed E-state index contributed by atoms with van der Waals surface area (Å²) in [5, 5.41) is 12.7. The standard InChI is InChI=1S/C17H32N2O2/c1-13(2)18-17(3,16(20)21)9-4-10-19(11-14-5-6-14)12-15-7-8-15/h13-15,18H,4-12H2,1-3H3,(H,20,21). The molecule has 0 amide bonds. The van der Waals surface area contributed by atoms with E-state index in [1.807, 2.05) is 20.8 Å². The van der Waals surface area contributed by atoms with Gasteiger partial charge in [0.25, 0.3) is 0 Å². The lowest BCUT2D eigenvalue weighted by molar-refractivity contribution is -0.144. The molecule has 0 saturated heterocycles. The van der Waals surface area contributed by atoms with E-state index in [2.05, 4.69) is 10.2 Å². The van der Waals surface area contributed by atoms with Crippen molar-refractivity contribution in [2.24, 2.45) is 11.8 Å². The van der Waals surface area contributed by atoms with Gasteiger partial charge in [-0.05, 0) is 77.7 Å². The van der Waals surface area contributed by atoms with Crippen LogP contribution in [0.5, 0.6) is 0 Å². The lowest BCUT2D eigenvalue weighted by atomic mass is 9.94. The van der Waals surface area contributed by atoms with Crippen molar-refractivity contribution in [2.45, 2.75) is 70.9 Å². The predicted molar refractivity (Wildman–Crippen MR) is 85.4 cm³/mol. The van der Waals surface area contributed by atoms with E-state index in [9.17, 15) is 9.90 Å². The molecule has 2 saturated carbocycles. The third-order valence-corrected chi connectivity index (χ3v) is 4.66. The van der Waals surface area contributed by atoms with Gasteiger partial charge in [0.2, 0.25) is 0 Å². The molecule has 122 valence electrons. The maximum absolute atomic E-state index is 11.5. The van der Waals surface area contributed by atoms with Crippen molar-refractivity contribution >= 4 is 5.97 Å². The second kappa shape index (κ2) is 7.10. The lowest BCUT2D eigenvalue weighted by Gasteiger charge is -2.30. The highest BCUT2D eigenvalue weighted by Gasteiger charge is 2.34. The molecule has 0 spiro atoms. The Hall–Kier alpha value is -0.610. The molecule has 0 bridgehead atoms. The van der Waals surface area contributed by atoms with E-state index in [0.717, 1.165) is 24.8 Å². The Labute approximate surface area is 129 Å². The quantitative estimate of drug-likeness (QED) is 0.615. The molecule has 1 unspecified atom stereocenters. The molecule has 2 N–H and O–H groups in total. The Bertz CT molecular complexity index is 337. The first-order valence-corrected chi connectivity index (χ1v) is 8.62. The Morgan fingerprint density at radius 2 is 1.76 bits per heavy atom. The van der Waals surface area contributed by atoms with E-state index >= 15 is 0 Å². The third-order valence-electron chi connectivity index (χ3n) is 4.66. The predicted octanol–water partition coefficient (Wildman–Crippen LogP) is 2.73. The van der Waals surface area contributed by atoms with Crippen molar-refractivity contribution in [3.8, 4) is 0 Å². The van der Waals surface area contributed by atoms with Crippen LogP contribution in [-0.2, 0) is 4.79 Å². The minimum atomic E-state index is -0.793. The lowest BCUT2D eigenvalue weighted by Crippen LogP contribution is -2.52. The van der Waals surface area contributed by atoms with E-state index in [1.165, 1.54) is 38.8 Å². The van der Waals surface area contributed by atoms with Crippen molar-refractivity contribution in [2.75, 3.05) is 19.6 Å². The fourth-order valence-corrected chi connectivity index (χ4v) is 3.12. The third kappa shape index (κ3) is 5.95. The average Bonchev–Trinajstić information content (AvgIpc) is 3.23. The van der Waals surface area contributed by atoms with E-state index in [4.69, 9.17) is 0 Å². The van der Waals surface area contributed by atoms with Crippen LogP contribution in [0.1, 0.15) is 59.3 Å². The molecule has 4 heteroatoms. The van der Waals surface area contributed by atoms with Crippen LogP contribution in [0.3, 0.4) is 0 Å². The van der Waals surface area contributed by atoms with Crippen molar-refractivity contribution < 1.29 is 9.90 Å². The van der Waals surface area contributed by atoms with Crippen molar-refractivity contribution in [1.82, 2.24) is 10.2 Å². The molecule has 0 aromatic carbocycles. The Morgan fingerprint density at radius 3 is 2.14 bits per heavy atom. The molecule has 21 heavy (non-hydrogen) atoms. The average molecular weight is 296 g/mol. The number of aliphatic carboxylic acids is 1. The molecule has 0 radical (unpaired) electrons. The highest BCUT2D eigenvalue weighted by Crippen LogP contribution is 2.33. The number of rotatable bonds is 11. The van der Waals surface area contributed by atoms with Gasteiger partial charge in [0.1, 0.15) is 5.54 Å². The SMILES string of the molecule is CC(C)NC(C)(CCCN(CC1CC1)CC1CC1)C(=O)O. The monoisotopic (exact) mass is 296 g/mol. The topological polar surface area (TPSA) is 52.6 Å². The molecule has 1 atom stereocenters. The number of carboxylic acid groups (broad SMARTS) is 1. The zero-order chi connectivity index (χ0) is 15.5. The second-order valence-corrected chi connectivity index (χ2v) is 7.69. The van der Waals surface area contributed by atoms with Crippen molar-refractivity contribution in [1.29, 1.82) is 0 Å². The van der Waals surface area contributed by atoms with Gasteiger partial charge in [0.15, 0.2) is 0 Å². The van der Waals surface area contributed by atoms with Crippen LogP contribution in [0, 0.1) is 11.8 Å².